The number of nitrogens with one attached hydrogen (secondary N) is 1. The summed E-state index contributed by atoms with van der Waals surface area (Å²) in [7, 11) is 0. The molecule has 0 radical (unpaired) electrons. The Kier molecular flexibility index (Phi) is 6.84. The van der Waals surface area contributed by atoms with Gasteiger partial charge in [0.25, 0.3) is 5.91 Å². The molecule has 0 spiro atoms. The van der Waals surface area contributed by atoms with Gasteiger partial charge in [-0.25, -0.2) is 4.98 Å². The van der Waals surface area contributed by atoms with Crippen molar-refractivity contribution in [2.24, 2.45) is 0 Å². The first-order chi connectivity index (χ1) is 11.9. The molecule has 2 aromatic rings. The highest BCUT2D eigenvalue weighted by atomic mass is 35.5. The molecule has 0 unspecified atom stereocenters. The van der Waals surface area contributed by atoms with Crippen molar-refractivity contribution < 1.29 is 14.3 Å². The van der Waals surface area contributed by atoms with E-state index < -0.39 is 0 Å². The number of ether oxygens (including phenoxy) is 1. The standard InChI is InChI=1S/C18H19ClN2O3S/c1-4-24-15(22)10-25-18-16(11(2)8-12(3)20-18)17(23)21-14-7-5-6-13(19)9-14/h5-9H,4,10H2,1-3H3,(H,21,23). The molecule has 0 aliphatic heterocycles. The summed E-state index contributed by atoms with van der Waals surface area (Å²) in [5, 5.41) is 3.86. The molecule has 1 N–H and O–H groups in total. The molecule has 0 saturated heterocycles. The van der Waals surface area contributed by atoms with Gasteiger partial charge in [-0.05, 0) is 50.6 Å². The molecule has 0 atom stereocenters. The summed E-state index contributed by atoms with van der Waals surface area (Å²) in [5.41, 5.74) is 2.61. The molecule has 1 heterocycles. The van der Waals surface area contributed by atoms with E-state index in [9.17, 15) is 9.59 Å². The fourth-order valence-corrected chi connectivity index (χ4v) is 3.41. The van der Waals surface area contributed by atoms with Crippen LogP contribution in [0.5, 0.6) is 0 Å². The van der Waals surface area contributed by atoms with E-state index in [0.717, 1.165) is 11.3 Å². The van der Waals surface area contributed by atoms with E-state index in [1.807, 2.05) is 19.9 Å². The molecule has 1 aromatic heterocycles. The summed E-state index contributed by atoms with van der Waals surface area (Å²) >= 11 is 7.15. The Morgan fingerprint density at radius 1 is 1.28 bits per heavy atom. The number of hydrogen-bond acceptors (Lipinski definition) is 5. The van der Waals surface area contributed by atoms with Crippen molar-refractivity contribution in [1.29, 1.82) is 0 Å². The number of carbonyl (C=O) groups is 2. The molecular weight excluding hydrogens is 360 g/mol. The maximum Gasteiger partial charge on any atom is 0.316 e. The van der Waals surface area contributed by atoms with Crippen LogP contribution in [0.15, 0.2) is 35.4 Å². The summed E-state index contributed by atoms with van der Waals surface area (Å²) in [6.07, 6.45) is 0. The molecular formula is C18H19ClN2O3S. The van der Waals surface area contributed by atoms with Gasteiger partial charge in [-0.1, -0.05) is 29.4 Å². The van der Waals surface area contributed by atoms with Crippen molar-refractivity contribution in [2.75, 3.05) is 17.7 Å². The lowest BCUT2D eigenvalue weighted by atomic mass is 10.1. The van der Waals surface area contributed by atoms with Gasteiger partial charge >= 0.3 is 5.97 Å². The SMILES string of the molecule is CCOC(=O)CSc1nc(C)cc(C)c1C(=O)Nc1cccc(Cl)c1. The van der Waals surface area contributed by atoms with Crippen LogP contribution in [-0.4, -0.2) is 29.2 Å². The third-order valence-electron chi connectivity index (χ3n) is 3.25. The molecule has 0 fully saturated rings. The average molecular weight is 379 g/mol. The highest BCUT2D eigenvalue weighted by Gasteiger charge is 2.18. The van der Waals surface area contributed by atoms with Crippen LogP contribution in [0, 0.1) is 13.8 Å². The molecule has 5 nitrogen and oxygen atoms in total. The molecule has 1 amide bonds. The van der Waals surface area contributed by atoms with Crippen molar-refractivity contribution in [3.63, 3.8) is 0 Å². The van der Waals surface area contributed by atoms with Gasteiger partial charge in [-0.15, -0.1) is 0 Å². The van der Waals surface area contributed by atoms with Gasteiger partial charge in [0.15, 0.2) is 0 Å². The molecule has 0 aliphatic carbocycles. The molecule has 2 rings (SSSR count). The molecule has 1 aromatic carbocycles. The topological polar surface area (TPSA) is 68.3 Å². The van der Waals surface area contributed by atoms with Gasteiger partial charge in [0.05, 0.1) is 17.9 Å². The largest absolute Gasteiger partial charge is 0.465 e. The lowest BCUT2D eigenvalue weighted by molar-refractivity contribution is -0.139. The lowest BCUT2D eigenvalue weighted by Gasteiger charge is -2.13. The number of nitrogens with zero attached hydrogens (tertiary/aromatic N) is 1. The van der Waals surface area contributed by atoms with Crippen molar-refractivity contribution >= 4 is 40.9 Å². The fourth-order valence-electron chi connectivity index (χ4n) is 2.27. The quantitative estimate of drug-likeness (QED) is 0.600. The van der Waals surface area contributed by atoms with E-state index in [1.54, 1.807) is 31.2 Å². The molecule has 0 aliphatic rings. The number of pyridine rings is 1. The molecule has 7 heteroatoms. The number of amides is 1. The maximum atomic E-state index is 12.7. The third kappa shape index (κ3) is 5.47. The second-order valence-corrected chi connectivity index (χ2v) is 6.72. The summed E-state index contributed by atoms with van der Waals surface area (Å²) in [5.74, 6) is -0.533. The van der Waals surface area contributed by atoms with Crippen LogP contribution < -0.4 is 5.32 Å². The number of thioether (sulfide) groups is 1. The van der Waals surface area contributed by atoms with Crippen LogP contribution in [0.4, 0.5) is 5.69 Å². The van der Waals surface area contributed by atoms with E-state index in [-0.39, 0.29) is 17.6 Å². The van der Waals surface area contributed by atoms with Gasteiger partial charge in [-0.3, -0.25) is 9.59 Å². The zero-order valence-electron chi connectivity index (χ0n) is 14.3. The molecule has 0 bridgehead atoms. The highest BCUT2D eigenvalue weighted by molar-refractivity contribution is 8.00. The van der Waals surface area contributed by atoms with Crippen LogP contribution in [0.1, 0.15) is 28.5 Å². The number of halogens is 1. The number of aryl methyl sites for hydroxylation is 2. The van der Waals surface area contributed by atoms with Crippen molar-refractivity contribution in [2.45, 2.75) is 25.8 Å². The number of esters is 1. The minimum absolute atomic E-state index is 0.0984. The Labute approximate surface area is 156 Å². The van der Waals surface area contributed by atoms with Crippen LogP contribution >= 0.6 is 23.4 Å². The smallest absolute Gasteiger partial charge is 0.316 e. The molecule has 0 saturated carbocycles. The van der Waals surface area contributed by atoms with E-state index in [0.29, 0.717) is 27.9 Å². The predicted molar refractivity (Wildman–Crippen MR) is 100 cm³/mol. The third-order valence-corrected chi connectivity index (χ3v) is 4.44. The Hall–Kier alpha value is -2.05. The minimum atomic E-state index is -0.338. The number of hydrogen-bond donors (Lipinski definition) is 1. The zero-order chi connectivity index (χ0) is 18.4. The van der Waals surface area contributed by atoms with Crippen molar-refractivity contribution in [1.82, 2.24) is 4.98 Å². The van der Waals surface area contributed by atoms with Crippen molar-refractivity contribution in [3.8, 4) is 0 Å². The Morgan fingerprint density at radius 3 is 2.72 bits per heavy atom. The minimum Gasteiger partial charge on any atom is -0.465 e. The maximum absolute atomic E-state index is 12.7. The zero-order valence-corrected chi connectivity index (χ0v) is 15.8. The number of carbonyl (C=O) groups excluding carboxylic acids is 2. The van der Waals surface area contributed by atoms with Gasteiger partial charge in [0.1, 0.15) is 5.03 Å². The van der Waals surface area contributed by atoms with Crippen LogP contribution in [-0.2, 0) is 9.53 Å². The summed E-state index contributed by atoms with van der Waals surface area (Å²) in [6.45, 7) is 5.76. The summed E-state index contributed by atoms with van der Waals surface area (Å²) < 4.78 is 4.93. The van der Waals surface area contributed by atoms with Gasteiger partial charge in [0, 0.05) is 16.4 Å². The second kappa shape index (κ2) is 8.87. The first-order valence-electron chi connectivity index (χ1n) is 7.74. The predicted octanol–water partition coefficient (Wildman–Crippen LogP) is 4.26. The number of anilines is 1. The molecule has 132 valence electrons. The van der Waals surface area contributed by atoms with Crippen molar-refractivity contribution in [3.05, 3.63) is 52.2 Å². The lowest BCUT2D eigenvalue weighted by Crippen LogP contribution is -2.16. The average Bonchev–Trinajstić information content (AvgIpc) is 2.52. The number of benzene rings is 1. The fraction of sp³-hybridized carbons (Fsp3) is 0.278. The van der Waals surface area contributed by atoms with Crippen LogP contribution in [0.3, 0.4) is 0 Å². The summed E-state index contributed by atoms with van der Waals surface area (Å²) in [4.78, 5) is 28.7. The highest BCUT2D eigenvalue weighted by Crippen LogP contribution is 2.26. The van der Waals surface area contributed by atoms with E-state index in [4.69, 9.17) is 16.3 Å². The normalized spacial score (nSPS) is 10.4. The first-order valence-corrected chi connectivity index (χ1v) is 9.10. The van der Waals surface area contributed by atoms with Gasteiger partial charge in [-0.2, -0.15) is 0 Å². The van der Waals surface area contributed by atoms with E-state index >= 15 is 0 Å². The monoisotopic (exact) mass is 378 g/mol. The van der Waals surface area contributed by atoms with Crippen LogP contribution in [0.2, 0.25) is 5.02 Å². The number of rotatable bonds is 6. The Balaban J connectivity index is 2.25. The number of aromatic nitrogens is 1. The summed E-state index contributed by atoms with van der Waals surface area (Å²) in [6, 6.07) is 8.75. The van der Waals surface area contributed by atoms with E-state index in [2.05, 4.69) is 10.3 Å². The first kappa shape index (κ1) is 19.3. The Bertz CT molecular complexity index is 796. The Morgan fingerprint density at radius 2 is 2.04 bits per heavy atom. The second-order valence-electron chi connectivity index (χ2n) is 5.32. The van der Waals surface area contributed by atoms with E-state index in [1.165, 1.54) is 11.8 Å². The molecule has 25 heavy (non-hydrogen) atoms. The van der Waals surface area contributed by atoms with Crippen LogP contribution in [0.25, 0.3) is 0 Å². The van der Waals surface area contributed by atoms with Gasteiger partial charge in [0.2, 0.25) is 0 Å². The van der Waals surface area contributed by atoms with Gasteiger partial charge < -0.3 is 10.1 Å².